The summed E-state index contributed by atoms with van der Waals surface area (Å²) in [5.41, 5.74) is -1.72. The van der Waals surface area contributed by atoms with E-state index in [2.05, 4.69) is 5.32 Å². The van der Waals surface area contributed by atoms with Crippen molar-refractivity contribution in [3.05, 3.63) is 35.4 Å². The van der Waals surface area contributed by atoms with Crippen molar-refractivity contribution in [3.8, 4) is 0 Å². The number of hydrogen-bond donors (Lipinski definition) is 2. The zero-order chi connectivity index (χ0) is 16.0. The third-order valence-electron chi connectivity index (χ3n) is 3.15. The quantitative estimate of drug-likeness (QED) is 0.811. The Morgan fingerprint density at radius 2 is 2.10 bits per heavy atom. The first-order valence-electron chi connectivity index (χ1n) is 6.89. The Hall–Kier alpha value is -1.53. The minimum absolute atomic E-state index is 0.0753. The van der Waals surface area contributed by atoms with E-state index in [1.807, 2.05) is 0 Å². The van der Waals surface area contributed by atoms with Gasteiger partial charge in [-0.05, 0) is 26.3 Å². The number of carbonyl (C=O) groups excluding carboxylic acids is 1. The lowest BCUT2D eigenvalue weighted by molar-refractivity contribution is -0.133. The van der Waals surface area contributed by atoms with Crippen LogP contribution in [0.3, 0.4) is 0 Å². The minimum Gasteiger partial charge on any atom is -0.383 e. The van der Waals surface area contributed by atoms with E-state index >= 15 is 0 Å². The normalized spacial score (nSPS) is 15.3. The molecule has 2 N–H and O–H groups in total. The Morgan fingerprint density at radius 3 is 2.62 bits per heavy atom. The van der Waals surface area contributed by atoms with Crippen LogP contribution in [0.25, 0.3) is 0 Å². The summed E-state index contributed by atoms with van der Waals surface area (Å²) in [6.45, 7) is 5.13. The summed E-state index contributed by atoms with van der Waals surface area (Å²) < 4.78 is 31.8. The van der Waals surface area contributed by atoms with Gasteiger partial charge in [-0.15, -0.1) is 0 Å². The molecule has 118 valence electrons. The van der Waals surface area contributed by atoms with Crippen LogP contribution in [0.4, 0.5) is 8.78 Å². The molecule has 2 unspecified atom stereocenters. The van der Waals surface area contributed by atoms with E-state index in [4.69, 9.17) is 4.74 Å². The van der Waals surface area contributed by atoms with Crippen molar-refractivity contribution >= 4 is 5.91 Å². The molecular formula is C15H21F2NO3. The number of benzene rings is 1. The van der Waals surface area contributed by atoms with Crippen molar-refractivity contribution < 1.29 is 23.4 Å². The second-order valence-electron chi connectivity index (χ2n) is 4.97. The zero-order valence-electron chi connectivity index (χ0n) is 12.5. The first-order chi connectivity index (χ1) is 9.81. The molecule has 21 heavy (non-hydrogen) atoms. The highest BCUT2D eigenvalue weighted by Crippen LogP contribution is 2.23. The number of ether oxygens (including phenoxy) is 1. The molecule has 0 aliphatic heterocycles. The smallest absolute Gasteiger partial charge is 0.249 e. The second-order valence-corrected chi connectivity index (χ2v) is 4.97. The molecule has 1 aromatic rings. The van der Waals surface area contributed by atoms with Crippen molar-refractivity contribution in [1.82, 2.24) is 5.32 Å². The highest BCUT2D eigenvalue weighted by Gasteiger charge is 2.28. The Kier molecular flexibility index (Phi) is 6.23. The Bertz CT molecular complexity index is 492. The largest absolute Gasteiger partial charge is 0.383 e. The third kappa shape index (κ3) is 4.75. The van der Waals surface area contributed by atoms with Crippen LogP contribution in [0.15, 0.2) is 18.2 Å². The fourth-order valence-corrected chi connectivity index (χ4v) is 1.97. The van der Waals surface area contributed by atoms with Gasteiger partial charge in [0.1, 0.15) is 23.3 Å². The maximum Gasteiger partial charge on any atom is 0.249 e. The first-order valence-corrected chi connectivity index (χ1v) is 6.89. The van der Waals surface area contributed by atoms with Gasteiger partial charge < -0.3 is 15.2 Å². The number of amides is 1. The van der Waals surface area contributed by atoms with E-state index in [1.165, 1.54) is 6.92 Å². The van der Waals surface area contributed by atoms with Gasteiger partial charge in [-0.2, -0.15) is 0 Å². The number of aliphatic hydroxyl groups is 1. The maximum atomic E-state index is 13.7. The third-order valence-corrected chi connectivity index (χ3v) is 3.15. The molecule has 0 bridgehead atoms. The fraction of sp³-hybridized carbons (Fsp3) is 0.533. The van der Waals surface area contributed by atoms with Crippen molar-refractivity contribution in [3.63, 3.8) is 0 Å². The molecule has 6 heteroatoms. The van der Waals surface area contributed by atoms with E-state index in [0.717, 1.165) is 12.1 Å². The monoisotopic (exact) mass is 301 g/mol. The van der Waals surface area contributed by atoms with Gasteiger partial charge in [0.05, 0.1) is 6.54 Å². The first kappa shape index (κ1) is 17.5. The molecule has 0 fully saturated rings. The lowest BCUT2D eigenvalue weighted by Gasteiger charge is -2.26. The predicted octanol–water partition coefficient (Wildman–Crippen LogP) is 2.10. The molecule has 1 rings (SSSR count). The SMILES string of the molecule is CCOC(CC)C(=O)NCC(C)(O)c1ccc(F)cc1F. The summed E-state index contributed by atoms with van der Waals surface area (Å²) in [6.07, 6.45) is -0.115. The highest BCUT2D eigenvalue weighted by atomic mass is 19.1. The van der Waals surface area contributed by atoms with Gasteiger partial charge >= 0.3 is 0 Å². The van der Waals surface area contributed by atoms with Gasteiger partial charge in [-0.3, -0.25) is 4.79 Å². The molecule has 0 heterocycles. The van der Waals surface area contributed by atoms with Crippen molar-refractivity contribution in [2.75, 3.05) is 13.2 Å². The number of nitrogens with one attached hydrogen (secondary N) is 1. The van der Waals surface area contributed by atoms with Crippen LogP contribution in [0.2, 0.25) is 0 Å². The lowest BCUT2D eigenvalue weighted by atomic mass is 9.95. The number of carbonyl (C=O) groups is 1. The van der Waals surface area contributed by atoms with Gasteiger partial charge in [0, 0.05) is 18.2 Å². The molecule has 0 saturated carbocycles. The molecule has 1 amide bonds. The van der Waals surface area contributed by atoms with Crippen LogP contribution in [0.1, 0.15) is 32.8 Å². The van der Waals surface area contributed by atoms with Crippen molar-refractivity contribution in [2.24, 2.45) is 0 Å². The summed E-state index contributed by atoms with van der Waals surface area (Å²) >= 11 is 0. The van der Waals surface area contributed by atoms with E-state index < -0.39 is 23.3 Å². The van der Waals surface area contributed by atoms with E-state index in [-0.39, 0.29) is 18.0 Å². The van der Waals surface area contributed by atoms with Crippen LogP contribution in [-0.2, 0) is 15.1 Å². The van der Waals surface area contributed by atoms with Gasteiger partial charge in [-0.1, -0.05) is 13.0 Å². The number of rotatable bonds is 7. The second kappa shape index (κ2) is 7.47. The molecule has 0 aromatic heterocycles. The Morgan fingerprint density at radius 1 is 1.43 bits per heavy atom. The van der Waals surface area contributed by atoms with Gasteiger partial charge in [0.2, 0.25) is 5.91 Å². The topological polar surface area (TPSA) is 58.6 Å². The van der Waals surface area contributed by atoms with Crippen LogP contribution in [-0.4, -0.2) is 30.3 Å². The number of hydrogen-bond acceptors (Lipinski definition) is 3. The average Bonchev–Trinajstić information content (AvgIpc) is 2.41. The van der Waals surface area contributed by atoms with E-state index in [0.29, 0.717) is 19.1 Å². The van der Waals surface area contributed by atoms with Crippen LogP contribution in [0.5, 0.6) is 0 Å². The maximum absolute atomic E-state index is 13.7. The standard InChI is InChI=1S/C15H21F2NO3/c1-4-13(21-5-2)14(19)18-9-15(3,20)11-7-6-10(16)8-12(11)17/h6-8,13,20H,4-5,9H2,1-3H3,(H,18,19). The van der Waals surface area contributed by atoms with E-state index in [1.54, 1.807) is 13.8 Å². The zero-order valence-corrected chi connectivity index (χ0v) is 12.5. The molecule has 0 saturated heterocycles. The number of halogens is 2. The van der Waals surface area contributed by atoms with Crippen molar-refractivity contribution in [1.29, 1.82) is 0 Å². The molecule has 4 nitrogen and oxygen atoms in total. The van der Waals surface area contributed by atoms with Crippen LogP contribution < -0.4 is 5.32 Å². The Balaban J connectivity index is 2.74. The molecular weight excluding hydrogens is 280 g/mol. The molecule has 0 spiro atoms. The summed E-state index contributed by atoms with van der Waals surface area (Å²) in [4.78, 5) is 11.9. The average molecular weight is 301 g/mol. The molecule has 2 atom stereocenters. The van der Waals surface area contributed by atoms with Crippen molar-refractivity contribution in [2.45, 2.75) is 38.9 Å². The van der Waals surface area contributed by atoms with Gasteiger partial charge in [-0.25, -0.2) is 8.78 Å². The molecule has 0 aliphatic rings. The molecule has 0 radical (unpaired) electrons. The summed E-state index contributed by atoms with van der Waals surface area (Å²) in [5.74, 6) is -1.95. The van der Waals surface area contributed by atoms with Crippen LogP contribution >= 0.6 is 0 Å². The lowest BCUT2D eigenvalue weighted by Crippen LogP contribution is -2.44. The van der Waals surface area contributed by atoms with E-state index in [9.17, 15) is 18.7 Å². The molecule has 1 aromatic carbocycles. The Labute approximate surface area is 123 Å². The highest BCUT2D eigenvalue weighted by molar-refractivity contribution is 5.80. The summed E-state index contributed by atoms with van der Waals surface area (Å²) in [7, 11) is 0. The van der Waals surface area contributed by atoms with Crippen LogP contribution in [0, 0.1) is 11.6 Å². The van der Waals surface area contributed by atoms with Gasteiger partial charge in [0.15, 0.2) is 0 Å². The minimum atomic E-state index is -1.64. The predicted molar refractivity (Wildman–Crippen MR) is 74.6 cm³/mol. The summed E-state index contributed by atoms with van der Waals surface area (Å²) in [6, 6.07) is 2.92. The fourth-order valence-electron chi connectivity index (χ4n) is 1.97. The van der Waals surface area contributed by atoms with Gasteiger partial charge in [0.25, 0.3) is 0 Å². The molecule has 0 aliphatic carbocycles. The summed E-state index contributed by atoms with van der Waals surface area (Å²) in [5, 5.41) is 12.8.